The van der Waals surface area contributed by atoms with Crippen molar-refractivity contribution in [1.29, 1.82) is 0 Å². The smallest absolute Gasteiger partial charge is 0.335 e. The predicted molar refractivity (Wildman–Crippen MR) is 78.0 cm³/mol. The molecule has 2 aliphatic heterocycles. The summed E-state index contributed by atoms with van der Waals surface area (Å²) in [4.78, 5) is 38.2. The molecule has 1 aromatic carbocycles. The van der Waals surface area contributed by atoms with Gasteiger partial charge in [-0.3, -0.25) is 9.59 Å². The van der Waals surface area contributed by atoms with Crippen LogP contribution in [0.2, 0.25) is 0 Å². The van der Waals surface area contributed by atoms with E-state index in [1.165, 1.54) is 4.90 Å². The average molecular weight is 320 g/mol. The van der Waals surface area contributed by atoms with Crippen LogP contribution in [0.25, 0.3) is 0 Å². The number of ether oxygens (including phenoxy) is 1. The van der Waals surface area contributed by atoms with Gasteiger partial charge in [0.2, 0.25) is 0 Å². The van der Waals surface area contributed by atoms with Crippen molar-refractivity contribution in [1.82, 2.24) is 4.90 Å². The van der Waals surface area contributed by atoms with E-state index in [9.17, 15) is 19.5 Å². The number of carbonyl (C=O) groups excluding carboxylic acids is 2. The van der Waals surface area contributed by atoms with Gasteiger partial charge in [-0.1, -0.05) is 6.07 Å². The monoisotopic (exact) mass is 320 g/mol. The fourth-order valence-corrected chi connectivity index (χ4v) is 2.82. The minimum Gasteiger partial charge on any atom is -0.479 e. The molecule has 2 amide bonds. The van der Waals surface area contributed by atoms with E-state index < -0.39 is 24.1 Å². The number of aliphatic hydroxyl groups is 1. The van der Waals surface area contributed by atoms with E-state index in [1.54, 1.807) is 30.1 Å². The van der Waals surface area contributed by atoms with Gasteiger partial charge in [0.1, 0.15) is 0 Å². The predicted octanol–water partition coefficient (Wildman–Crippen LogP) is -0.550. The van der Waals surface area contributed by atoms with Crippen LogP contribution in [0.3, 0.4) is 0 Å². The van der Waals surface area contributed by atoms with Crippen molar-refractivity contribution in [3.63, 3.8) is 0 Å². The minimum atomic E-state index is -1.92. The zero-order chi connectivity index (χ0) is 16.7. The maximum atomic E-state index is 12.4. The summed E-state index contributed by atoms with van der Waals surface area (Å²) in [5.41, 5.74) is 1.90. The third kappa shape index (κ3) is 2.55. The molecule has 1 saturated heterocycles. The van der Waals surface area contributed by atoms with E-state index >= 15 is 0 Å². The van der Waals surface area contributed by atoms with Gasteiger partial charge in [0.05, 0.1) is 6.61 Å². The van der Waals surface area contributed by atoms with Crippen LogP contribution in [-0.4, -0.2) is 65.3 Å². The SMILES string of the molecule is CN1Cc2ccc(N3CCOC(C(O)C(=O)O)C3=O)cc2C1=O. The van der Waals surface area contributed by atoms with Gasteiger partial charge in [-0.25, -0.2) is 4.79 Å². The quantitative estimate of drug-likeness (QED) is 0.774. The maximum Gasteiger partial charge on any atom is 0.335 e. The van der Waals surface area contributed by atoms with Crippen molar-refractivity contribution >= 4 is 23.5 Å². The largest absolute Gasteiger partial charge is 0.479 e. The molecule has 2 heterocycles. The first-order valence-electron chi connectivity index (χ1n) is 7.12. The molecule has 0 radical (unpaired) electrons. The second-order valence-corrected chi connectivity index (χ2v) is 5.57. The van der Waals surface area contributed by atoms with Gasteiger partial charge >= 0.3 is 5.97 Å². The van der Waals surface area contributed by atoms with Gasteiger partial charge < -0.3 is 24.7 Å². The number of nitrogens with zero attached hydrogens (tertiary/aromatic N) is 2. The van der Waals surface area contributed by atoms with Crippen molar-refractivity contribution in [2.24, 2.45) is 0 Å². The number of hydrogen-bond donors (Lipinski definition) is 2. The molecule has 2 aliphatic rings. The lowest BCUT2D eigenvalue weighted by Gasteiger charge is -2.33. The van der Waals surface area contributed by atoms with Crippen LogP contribution in [0.1, 0.15) is 15.9 Å². The Morgan fingerprint density at radius 3 is 2.83 bits per heavy atom. The van der Waals surface area contributed by atoms with Crippen LogP contribution in [-0.2, 0) is 20.9 Å². The summed E-state index contributed by atoms with van der Waals surface area (Å²) < 4.78 is 5.10. The molecule has 8 nitrogen and oxygen atoms in total. The molecular weight excluding hydrogens is 304 g/mol. The Labute approximate surface area is 131 Å². The number of anilines is 1. The first kappa shape index (κ1) is 15.4. The lowest BCUT2D eigenvalue weighted by atomic mass is 10.1. The van der Waals surface area contributed by atoms with Crippen LogP contribution < -0.4 is 4.90 Å². The van der Waals surface area contributed by atoms with Gasteiger partial charge in [-0.15, -0.1) is 0 Å². The molecule has 2 N–H and O–H groups in total. The number of carbonyl (C=O) groups is 3. The molecule has 2 unspecified atom stereocenters. The lowest BCUT2D eigenvalue weighted by molar-refractivity contribution is -0.163. The number of amides is 2. The van der Waals surface area contributed by atoms with E-state index in [0.717, 1.165) is 5.56 Å². The highest BCUT2D eigenvalue weighted by atomic mass is 16.5. The lowest BCUT2D eigenvalue weighted by Crippen LogP contribution is -2.54. The molecule has 8 heteroatoms. The van der Waals surface area contributed by atoms with Gasteiger partial charge in [-0.05, 0) is 17.7 Å². The summed E-state index contributed by atoms with van der Waals surface area (Å²) in [6.07, 6.45) is -3.37. The standard InChI is InChI=1S/C15H16N2O6/c1-16-7-8-2-3-9(6-10(8)13(16)19)17-4-5-23-12(14(17)20)11(18)15(21)22/h2-3,6,11-12,18H,4-5,7H2,1H3,(H,21,22). The van der Waals surface area contributed by atoms with Crippen molar-refractivity contribution in [3.8, 4) is 0 Å². The van der Waals surface area contributed by atoms with Gasteiger partial charge in [0, 0.05) is 31.4 Å². The number of hydrogen-bond acceptors (Lipinski definition) is 5. The summed E-state index contributed by atoms with van der Waals surface area (Å²) in [6, 6.07) is 5.10. The van der Waals surface area contributed by atoms with Crippen LogP contribution in [0.5, 0.6) is 0 Å². The van der Waals surface area contributed by atoms with E-state index in [1.807, 2.05) is 0 Å². The first-order valence-corrected chi connectivity index (χ1v) is 7.12. The van der Waals surface area contributed by atoms with Crippen LogP contribution in [0.4, 0.5) is 5.69 Å². The summed E-state index contributed by atoms with van der Waals surface area (Å²) >= 11 is 0. The molecule has 0 spiro atoms. The van der Waals surface area contributed by atoms with E-state index in [2.05, 4.69) is 0 Å². The zero-order valence-corrected chi connectivity index (χ0v) is 12.4. The molecule has 1 aromatic rings. The molecule has 0 aliphatic carbocycles. The van der Waals surface area contributed by atoms with Crippen molar-refractivity contribution in [2.45, 2.75) is 18.8 Å². The molecule has 0 bridgehead atoms. The molecule has 1 fully saturated rings. The zero-order valence-electron chi connectivity index (χ0n) is 12.4. The Bertz CT molecular complexity index is 689. The summed E-state index contributed by atoms with van der Waals surface area (Å²) in [7, 11) is 1.70. The average Bonchev–Trinajstić information content (AvgIpc) is 2.81. The minimum absolute atomic E-state index is 0.103. The third-order valence-electron chi connectivity index (χ3n) is 4.05. The van der Waals surface area contributed by atoms with Crippen LogP contribution in [0, 0.1) is 0 Å². The fraction of sp³-hybridized carbons (Fsp3) is 0.400. The first-order chi connectivity index (χ1) is 10.9. The molecule has 0 saturated carbocycles. The second-order valence-electron chi connectivity index (χ2n) is 5.57. The number of benzene rings is 1. The number of aliphatic carboxylic acids is 1. The Balaban J connectivity index is 1.89. The van der Waals surface area contributed by atoms with E-state index in [-0.39, 0.29) is 19.1 Å². The van der Waals surface area contributed by atoms with Crippen molar-refractivity contribution in [2.75, 3.05) is 25.1 Å². The summed E-state index contributed by atoms with van der Waals surface area (Å²) in [5.74, 6) is -2.27. The molecule has 3 rings (SSSR count). The highest BCUT2D eigenvalue weighted by molar-refractivity contribution is 6.03. The molecule has 0 aromatic heterocycles. The van der Waals surface area contributed by atoms with Crippen LogP contribution >= 0.6 is 0 Å². The van der Waals surface area contributed by atoms with E-state index in [0.29, 0.717) is 17.8 Å². The highest BCUT2D eigenvalue weighted by Crippen LogP contribution is 2.28. The second kappa shape index (κ2) is 5.64. The Kier molecular flexibility index (Phi) is 3.78. The number of fused-ring (bicyclic) bond motifs is 1. The normalized spacial score (nSPS) is 22.3. The Morgan fingerprint density at radius 1 is 1.39 bits per heavy atom. The number of rotatable bonds is 3. The Hall–Kier alpha value is -2.45. The van der Waals surface area contributed by atoms with Gasteiger partial charge in [0.25, 0.3) is 11.8 Å². The topological polar surface area (TPSA) is 107 Å². The number of carboxylic acid groups (broad SMARTS) is 1. The highest BCUT2D eigenvalue weighted by Gasteiger charge is 2.39. The number of morpholine rings is 1. The van der Waals surface area contributed by atoms with Gasteiger partial charge in [-0.2, -0.15) is 0 Å². The van der Waals surface area contributed by atoms with Crippen molar-refractivity contribution in [3.05, 3.63) is 29.3 Å². The molecule has 23 heavy (non-hydrogen) atoms. The summed E-state index contributed by atoms with van der Waals surface area (Å²) in [6.45, 7) is 0.849. The number of aliphatic hydroxyl groups excluding tert-OH is 1. The van der Waals surface area contributed by atoms with Crippen LogP contribution in [0.15, 0.2) is 18.2 Å². The number of carboxylic acids is 1. The molecule has 122 valence electrons. The van der Waals surface area contributed by atoms with Gasteiger partial charge in [0.15, 0.2) is 12.2 Å². The summed E-state index contributed by atoms with van der Waals surface area (Å²) in [5, 5.41) is 18.4. The third-order valence-corrected chi connectivity index (χ3v) is 4.05. The maximum absolute atomic E-state index is 12.4. The fourth-order valence-electron chi connectivity index (χ4n) is 2.82. The van der Waals surface area contributed by atoms with Crippen molar-refractivity contribution < 1.29 is 29.3 Å². The molecule has 2 atom stereocenters. The van der Waals surface area contributed by atoms with E-state index in [4.69, 9.17) is 9.84 Å². The Morgan fingerprint density at radius 2 is 2.13 bits per heavy atom. The molecular formula is C15H16N2O6.